The van der Waals surface area contributed by atoms with Gasteiger partial charge in [0.1, 0.15) is 11.3 Å². The minimum Gasteiger partial charge on any atom is -0.494 e. The van der Waals surface area contributed by atoms with E-state index >= 15 is 0 Å². The lowest BCUT2D eigenvalue weighted by Crippen LogP contribution is -1.99. The van der Waals surface area contributed by atoms with Gasteiger partial charge in [-0.2, -0.15) is 0 Å². The zero-order valence-electron chi connectivity index (χ0n) is 11.4. The number of benzene rings is 2. The molecule has 0 unspecified atom stereocenters. The molecule has 0 saturated carbocycles. The number of hydrogen-bond donors (Lipinski definition) is 1. The number of carboxylic acids is 1. The van der Waals surface area contributed by atoms with Crippen LogP contribution in [0.15, 0.2) is 42.5 Å². The summed E-state index contributed by atoms with van der Waals surface area (Å²) in [4.78, 5) is 11.1. The van der Waals surface area contributed by atoms with Crippen molar-refractivity contribution < 1.29 is 14.6 Å². The summed E-state index contributed by atoms with van der Waals surface area (Å²) in [5, 5.41) is 17.2. The van der Waals surface area contributed by atoms with E-state index in [1.165, 1.54) is 6.07 Å². The Balaban J connectivity index is 2.07. The summed E-state index contributed by atoms with van der Waals surface area (Å²) in [7, 11) is 0. The minimum absolute atomic E-state index is 0.206. The lowest BCUT2D eigenvalue weighted by molar-refractivity contribution is 0.0697. The number of rotatable bonds is 4. The molecule has 6 heteroatoms. The Hall–Kier alpha value is -2.89. The van der Waals surface area contributed by atoms with Crippen molar-refractivity contribution in [1.29, 1.82) is 0 Å². The molecule has 2 aromatic carbocycles. The highest BCUT2D eigenvalue weighted by Crippen LogP contribution is 2.20. The third kappa shape index (κ3) is 2.43. The fourth-order valence-corrected chi connectivity index (χ4v) is 2.09. The maximum atomic E-state index is 11.1. The first-order valence-corrected chi connectivity index (χ1v) is 6.51. The second kappa shape index (κ2) is 5.24. The molecule has 0 spiro atoms. The van der Waals surface area contributed by atoms with Crippen LogP contribution in [0.2, 0.25) is 0 Å². The molecule has 0 aliphatic rings. The molecule has 3 rings (SSSR count). The molecule has 1 heterocycles. The normalized spacial score (nSPS) is 10.7. The zero-order valence-corrected chi connectivity index (χ0v) is 11.4. The highest BCUT2D eigenvalue weighted by atomic mass is 16.5. The number of aromatic carboxylic acids is 1. The summed E-state index contributed by atoms with van der Waals surface area (Å²) in [6.07, 6.45) is 0. The number of carboxylic acid groups (broad SMARTS) is 1. The van der Waals surface area contributed by atoms with Crippen molar-refractivity contribution in [2.45, 2.75) is 6.92 Å². The minimum atomic E-state index is -0.976. The molecular formula is C15H13N3O3. The molecule has 6 nitrogen and oxygen atoms in total. The van der Waals surface area contributed by atoms with E-state index in [4.69, 9.17) is 9.84 Å². The van der Waals surface area contributed by atoms with Gasteiger partial charge in [-0.25, -0.2) is 9.48 Å². The fourth-order valence-electron chi connectivity index (χ4n) is 2.09. The largest absolute Gasteiger partial charge is 0.494 e. The first-order valence-electron chi connectivity index (χ1n) is 6.51. The summed E-state index contributed by atoms with van der Waals surface area (Å²) in [5.74, 6) is -0.201. The van der Waals surface area contributed by atoms with Crippen LogP contribution in [-0.2, 0) is 0 Å². The van der Waals surface area contributed by atoms with Crippen molar-refractivity contribution in [3.8, 4) is 11.4 Å². The summed E-state index contributed by atoms with van der Waals surface area (Å²) in [5.41, 5.74) is 2.30. The van der Waals surface area contributed by atoms with Crippen LogP contribution in [0.25, 0.3) is 16.7 Å². The predicted molar refractivity (Wildman–Crippen MR) is 77.0 cm³/mol. The molecule has 0 bridgehead atoms. The van der Waals surface area contributed by atoms with Crippen molar-refractivity contribution >= 4 is 17.0 Å². The molecule has 0 atom stereocenters. The van der Waals surface area contributed by atoms with Gasteiger partial charge >= 0.3 is 5.97 Å². The van der Waals surface area contributed by atoms with E-state index in [-0.39, 0.29) is 5.56 Å². The lowest BCUT2D eigenvalue weighted by atomic mass is 10.2. The molecule has 0 aliphatic heterocycles. The molecule has 3 aromatic rings. The maximum absolute atomic E-state index is 11.1. The zero-order chi connectivity index (χ0) is 14.8. The monoisotopic (exact) mass is 283 g/mol. The van der Waals surface area contributed by atoms with E-state index in [0.717, 1.165) is 11.4 Å². The van der Waals surface area contributed by atoms with Gasteiger partial charge in [0, 0.05) is 0 Å². The van der Waals surface area contributed by atoms with Gasteiger partial charge in [-0.05, 0) is 49.4 Å². The highest BCUT2D eigenvalue weighted by molar-refractivity contribution is 5.92. The molecule has 0 aliphatic carbocycles. The Labute approximate surface area is 120 Å². The Kier molecular flexibility index (Phi) is 3.27. The van der Waals surface area contributed by atoms with Gasteiger partial charge in [-0.3, -0.25) is 0 Å². The summed E-state index contributed by atoms with van der Waals surface area (Å²) in [6.45, 7) is 2.53. The van der Waals surface area contributed by atoms with E-state index in [2.05, 4.69) is 10.3 Å². The van der Waals surface area contributed by atoms with Gasteiger partial charge in [-0.1, -0.05) is 5.21 Å². The molecule has 106 valence electrons. The average molecular weight is 283 g/mol. The Morgan fingerprint density at radius 3 is 2.67 bits per heavy atom. The van der Waals surface area contributed by atoms with Gasteiger partial charge in [-0.15, -0.1) is 5.10 Å². The van der Waals surface area contributed by atoms with E-state index in [0.29, 0.717) is 17.6 Å². The van der Waals surface area contributed by atoms with Crippen LogP contribution in [0.3, 0.4) is 0 Å². The molecule has 1 aromatic heterocycles. The molecule has 0 saturated heterocycles. The maximum Gasteiger partial charge on any atom is 0.335 e. The van der Waals surface area contributed by atoms with Crippen molar-refractivity contribution in [2.75, 3.05) is 6.61 Å². The third-order valence-corrected chi connectivity index (χ3v) is 3.08. The second-order valence-corrected chi connectivity index (χ2v) is 4.44. The molecule has 21 heavy (non-hydrogen) atoms. The lowest BCUT2D eigenvalue weighted by Gasteiger charge is -2.05. The van der Waals surface area contributed by atoms with Crippen LogP contribution in [0.5, 0.6) is 5.75 Å². The van der Waals surface area contributed by atoms with Gasteiger partial charge in [0.2, 0.25) is 0 Å². The average Bonchev–Trinajstić information content (AvgIpc) is 2.91. The molecular weight excluding hydrogens is 270 g/mol. The van der Waals surface area contributed by atoms with Gasteiger partial charge < -0.3 is 9.84 Å². The molecule has 0 radical (unpaired) electrons. The van der Waals surface area contributed by atoms with Crippen molar-refractivity contribution in [1.82, 2.24) is 15.0 Å². The molecule has 1 N–H and O–H groups in total. The van der Waals surface area contributed by atoms with E-state index in [1.807, 2.05) is 31.2 Å². The second-order valence-electron chi connectivity index (χ2n) is 4.44. The summed E-state index contributed by atoms with van der Waals surface area (Å²) >= 11 is 0. The Morgan fingerprint density at radius 2 is 2.00 bits per heavy atom. The van der Waals surface area contributed by atoms with Crippen LogP contribution in [0.1, 0.15) is 17.3 Å². The smallest absolute Gasteiger partial charge is 0.335 e. The first-order chi connectivity index (χ1) is 10.2. The standard InChI is InChI=1S/C15H13N3O3/c1-2-21-12-6-4-11(5-7-12)18-14-9-10(15(19)20)3-8-13(14)16-17-18/h3-9H,2H2,1H3,(H,19,20). The fraction of sp³-hybridized carbons (Fsp3) is 0.133. The predicted octanol–water partition coefficient (Wildman–Crippen LogP) is 2.52. The third-order valence-electron chi connectivity index (χ3n) is 3.08. The quantitative estimate of drug-likeness (QED) is 0.796. The highest BCUT2D eigenvalue weighted by Gasteiger charge is 2.10. The topological polar surface area (TPSA) is 77.2 Å². The van der Waals surface area contributed by atoms with Crippen LogP contribution in [0.4, 0.5) is 0 Å². The molecule has 0 fully saturated rings. The van der Waals surface area contributed by atoms with Crippen molar-refractivity contribution in [2.24, 2.45) is 0 Å². The van der Waals surface area contributed by atoms with Crippen molar-refractivity contribution in [3.05, 3.63) is 48.0 Å². The van der Waals surface area contributed by atoms with E-state index < -0.39 is 5.97 Å². The van der Waals surface area contributed by atoms with Gasteiger partial charge in [0.25, 0.3) is 0 Å². The van der Waals surface area contributed by atoms with Crippen molar-refractivity contribution in [3.63, 3.8) is 0 Å². The SMILES string of the molecule is CCOc1ccc(-n2nnc3ccc(C(=O)O)cc32)cc1. The van der Waals surface area contributed by atoms with Gasteiger partial charge in [0.05, 0.1) is 23.4 Å². The van der Waals surface area contributed by atoms with E-state index in [1.54, 1.807) is 16.8 Å². The van der Waals surface area contributed by atoms with E-state index in [9.17, 15) is 4.79 Å². The number of nitrogens with zero attached hydrogens (tertiary/aromatic N) is 3. The number of hydrogen-bond acceptors (Lipinski definition) is 4. The van der Waals surface area contributed by atoms with Crippen LogP contribution < -0.4 is 4.74 Å². The number of fused-ring (bicyclic) bond motifs is 1. The van der Waals surface area contributed by atoms with Crippen LogP contribution >= 0.6 is 0 Å². The summed E-state index contributed by atoms with van der Waals surface area (Å²) < 4.78 is 7.00. The Morgan fingerprint density at radius 1 is 1.24 bits per heavy atom. The van der Waals surface area contributed by atoms with Crippen LogP contribution in [-0.4, -0.2) is 32.7 Å². The van der Waals surface area contributed by atoms with Crippen LogP contribution in [0, 0.1) is 0 Å². The first kappa shape index (κ1) is 13.1. The number of carbonyl (C=O) groups is 1. The Bertz CT molecular complexity index is 794. The number of ether oxygens (including phenoxy) is 1. The molecule has 0 amide bonds. The van der Waals surface area contributed by atoms with Gasteiger partial charge in [0.15, 0.2) is 0 Å². The summed E-state index contributed by atoms with van der Waals surface area (Å²) in [6, 6.07) is 12.1. The number of aromatic nitrogens is 3.